The summed E-state index contributed by atoms with van der Waals surface area (Å²) < 4.78 is 7.79. The van der Waals surface area contributed by atoms with E-state index in [1.807, 2.05) is 35.9 Å². The number of amides is 1. The van der Waals surface area contributed by atoms with E-state index in [-0.39, 0.29) is 11.9 Å². The van der Waals surface area contributed by atoms with Crippen LogP contribution in [0.1, 0.15) is 47.1 Å². The van der Waals surface area contributed by atoms with Gasteiger partial charge in [-0.2, -0.15) is 5.10 Å². The van der Waals surface area contributed by atoms with E-state index in [9.17, 15) is 4.79 Å². The number of hydrogen-bond acceptors (Lipinski definition) is 3. The Kier molecular flexibility index (Phi) is 4.57. The number of nitrogens with zero attached hydrogens (tertiary/aromatic N) is 2. The zero-order valence-electron chi connectivity index (χ0n) is 15.7. The van der Waals surface area contributed by atoms with Crippen molar-refractivity contribution in [2.45, 2.75) is 52.3 Å². The molecule has 1 aromatic heterocycles. The number of fused-ring (bicyclic) bond motifs is 1. The van der Waals surface area contributed by atoms with Gasteiger partial charge in [0.25, 0.3) is 5.91 Å². The van der Waals surface area contributed by atoms with Crippen LogP contribution in [-0.2, 0) is 11.3 Å². The summed E-state index contributed by atoms with van der Waals surface area (Å²) in [7, 11) is 0. The quantitative estimate of drug-likeness (QED) is 0.899. The normalized spacial score (nSPS) is 27.0. The number of aryl methyl sites for hydroxylation is 2. The largest absolute Gasteiger partial charge is 0.377 e. The maximum absolute atomic E-state index is 12.8. The van der Waals surface area contributed by atoms with Crippen LogP contribution in [0.4, 0.5) is 0 Å². The number of carbonyl (C=O) groups is 1. The Hall–Kier alpha value is -2.14. The van der Waals surface area contributed by atoms with Crippen molar-refractivity contribution in [1.29, 1.82) is 0 Å². The molecule has 1 saturated heterocycles. The maximum Gasteiger partial charge on any atom is 0.251 e. The van der Waals surface area contributed by atoms with Gasteiger partial charge in [-0.15, -0.1) is 0 Å². The third kappa shape index (κ3) is 3.05. The van der Waals surface area contributed by atoms with Crippen LogP contribution in [0.3, 0.4) is 0 Å². The molecule has 0 unspecified atom stereocenters. The van der Waals surface area contributed by atoms with Crippen molar-refractivity contribution >= 4 is 5.91 Å². The Balaban J connectivity index is 1.46. The van der Waals surface area contributed by atoms with Crippen molar-refractivity contribution in [3.05, 3.63) is 52.8 Å². The average Bonchev–Trinajstić information content (AvgIpc) is 3.17. The number of benzene rings is 1. The highest BCUT2D eigenvalue weighted by Crippen LogP contribution is 2.45. The second-order valence-corrected chi connectivity index (χ2v) is 7.64. The smallest absolute Gasteiger partial charge is 0.251 e. The van der Waals surface area contributed by atoms with Crippen LogP contribution >= 0.6 is 0 Å². The Morgan fingerprint density at radius 2 is 2.19 bits per heavy atom. The van der Waals surface area contributed by atoms with Crippen LogP contribution in [0.2, 0.25) is 0 Å². The van der Waals surface area contributed by atoms with Crippen molar-refractivity contribution < 1.29 is 9.53 Å². The number of ether oxygens (including phenoxy) is 1. The van der Waals surface area contributed by atoms with E-state index >= 15 is 0 Å². The molecule has 1 N–H and O–H groups in total. The predicted octanol–water partition coefficient (Wildman–Crippen LogP) is 3.09. The van der Waals surface area contributed by atoms with E-state index in [1.165, 1.54) is 0 Å². The molecule has 2 fully saturated rings. The molecule has 1 aliphatic carbocycles. The van der Waals surface area contributed by atoms with Gasteiger partial charge in [0.2, 0.25) is 0 Å². The van der Waals surface area contributed by atoms with Crippen molar-refractivity contribution in [2.24, 2.45) is 11.8 Å². The van der Waals surface area contributed by atoms with E-state index in [2.05, 4.69) is 30.3 Å². The third-order valence-corrected chi connectivity index (χ3v) is 5.92. The minimum absolute atomic E-state index is 0.0222. The van der Waals surface area contributed by atoms with Crippen molar-refractivity contribution in [1.82, 2.24) is 15.1 Å². The minimum Gasteiger partial charge on any atom is -0.377 e. The lowest BCUT2D eigenvalue weighted by Gasteiger charge is -2.47. The topological polar surface area (TPSA) is 56.2 Å². The second kappa shape index (κ2) is 6.88. The molecule has 5 heteroatoms. The zero-order chi connectivity index (χ0) is 18.3. The summed E-state index contributed by atoms with van der Waals surface area (Å²) in [5, 5.41) is 7.78. The lowest BCUT2D eigenvalue weighted by Crippen LogP contribution is -2.61. The number of hydrogen-bond donors (Lipinski definition) is 1. The van der Waals surface area contributed by atoms with Crippen LogP contribution in [0.15, 0.2) is 30.3 Å². The van der Waals surface area contributed by atoms with Crippen molar-refractivity contribution in [2.75, 3.05) is 6.61 Å². The van der Waals surface area contributed by atoms with Gasteiger partial charge < -0.3 is 10.1 Å². The molecule has 1 amide bonds. The molecule has 2 heterocycles. The Labute approximate surface area is 154 Å². The highest BCUT2D eigenvalue weighted by atomic mass is 16.5. The van der Waals surface area contributed by atoms with Crippen LogP contribution in [0.25, 0.3) is 0 Å². The first-order valence-electron chi connectivity index (χ1n) is 9.59. The molecule has 0 radical (unpaired) electrons. The molecule has 1 aliphatic heterocycles. The Bertz CT molecular complexity index is 813. The number of aromatic nitrogens is 2. The molecule has 1 saturated carbocycles. The van der Waals surface area contributed by atoms with Crippen LogP contribution in [0.5, 0.6) is 0 Å². The van der Waals surface area contributed by atoms with Crippen LogP contribution < -0.4 is 5.32 Å². The summed E-state index contributed by atoms with van der Waals surface area (Å²) in [5.41, 5.74) is 3.96. The fourth-order valence-corrected chi connectivity index (χ4v) is 4.58. The fraction of sp³-hybridized carbons (Fsp3) is 0.524. The lowest BCUT2D eigenvalue weighted by molar-refractivity contribution is -0.0545. The van der Waals surface area contributed by atoms with Gasteiger partial charge in [-0.25, -0.2) is 0 Å². The predicted molar refractivity (Wildman–Crippen MR) is 100 cm³/mol. The van der Waals surface area contributed by atoms with Crippen molar-refractivity contribution in [3.8, 4) is 0 Å². The minimum atomic E-state index is 0.0222. The first-order chi connectivity index (χ1) is 12.6. The molecule has 2 aliphatic rings. The molecule has 0 bridgehead atoms. The molecule has 4 rings (SSSR count). The maximum atomic E-state index is 12.8. The van der Waals surface area contributed by atoms with Gasteiger partial charge in [-0.1, -0.05) is 19.1 Å². The van der Waals surface area contributed by atoms with Gasteiger partial charge in [-0.3, -0.25) is 9.48 Å². The molecular weight excluding hydrogens is 326 g/mol. The number of rotatable bonds is 5. The molecule has 5 nitrogen and oxygen atoms in total. The SMILES string of the molecule is CC[C@@H]1[C@@H](NC(=O)c2cccc(Cn3nc(C)cc3C)c2)[C@@H]2CCO[C@H]12. The van der Waals surface area contributed by atoms with Crippen LogP contribution in [-0.4, -0.2) is 34.4 Å². The third-order valence-electron chi connectivity index (χ3n) is 5.92. The highest BCUT2D eigenvalue weighted by molar-refractivity contribution is 5.94. The summed E-state index contributed by atoms with van der Waals surface area (Å²) in [5.74, 6) is 0.958. The molecule has 4 atom stereocenters. The second-order valence-electron chi connectivity index (χ2n) is 7.64. The van der Waals surface area contributed by atoms with Gasteiger partial charge >= 0.3 is 0 Å². The zero-order valence-corrected chi connectivity index (χ0v) is 15.7. The molecule has 0 spiro atoms. The fourth-order valence-electron chi connectivity index (χ4n) is 4.58. The molecule has 2 aromatic rings. The standard InChI is InChI=1S/C21H27N3O2/c1-4-17-19(18-8-9-26-20(17)18)22-21(25)16-7-5-6-15(11-16)12-24-14(3)10-13(2)23-24/h5-7,10-11,17-20H,4,8-9,12H2,1-3H3,(H,22,25)/t17-,18+,19-,20-/m1/s1. The van der Waals surface area contributed by atoms with Gasteiger partial charge in [0.1, 0.15) is 0 Å². The van der Waals surface area contributed by atoms with E-state index in [0.717, 1.165) is 42.0 Å². The van der Waals surface area contributed by atoms with Gasteiger partial charge in [0.05, 0.1) is 18.3 Å². The Morgan fingerprint density at radius 1 is 1.35 bits per heavy atom. The van der Waals surface area contributed by atoms with Gasteiger partial charge in [0, 0.05) is 35.7 Å². The highest BCUT2D eigenvalue weighted by Gasteiger charge is 2.53. The van der Waals surface area contributed by atoms with Gasteiger partial charge in [-0.05, 0) is 50.5 Å². The molecule has 138 valence electrons. The monoisotopic (exact) mass is 353 g/mol. The number of nitrogens with one attached hydrogen (secondary N) is 1. The summed E-state index contributed by atoms with van der Waals surface area (Å²) in [6.45, 7) is 7.74. The van der Waals surface area contributed by atoms with E-state index < -0.39 is 0 Å². The number of carbonyl (C=O) groups excluding carboxylic acids is 1. The van der Waals surface area contributed by atoms with Crippen molar-refractivity contribution in [3.63, 3.8) is 0 Å². The summed E-state index contributed by atoms with van der Waals surface area (Å²) in [6, 6.07) is 10.2. The summed E-state index contributed by atoms with van der Waals surface area (Å²) in [6.07, 6.45) is 2.46. The van der Waals surface area contributed by atoms with E-state index in [1.54, 1.807) is 0 Å². The first kappa shape index (κ1) is 17.3. The lowest BCUT2D eigenvalue weighted by atomic mass is 9.65. The first-order valence-corrected chi connectivity index (χ1v) is 9.59. The summed E-state index contributed by atoms with van der Waals surface area (Å²) >= 11 is 0. The molecule has 26 heavy (non-hydrogen) atoms. The van der Waals surface area contributed by atoms with Crippen LogP contribution in [0, 0.1) is 25.7 Å². The van der Waals surface area contributed by atoms with E-state index in [4.69, 9.17) is 4.74 Å². The Morgan fingerprint density at radius 3 is 2.92 bits per heavy atom. The molecule has 1 aromatic carbocycles. The molecular formula is C21H27N3O2. The summed E-state index contributed by atoms with van der Waals surface area (Å²) in [4.78, 5) is 12.8. The van der Waals surface area contributed by atoms with E-state index in [0.29, 0.717) is 24.5 Å². The average molecular weight is 353 g/mol. The van der Waals surface area contributed by atoms with Gasteiger partial charge in [0.15, 0.2) is 0 Å².